The van der Waals surface area contributed by atoms with Crippen LogP contribution in [-0.2, 0) is 4.74 Å². The van der Waals surface area contributed by atoms with Gasteiger partial charge in [0.2, 0.25) is 0 Å². The van der Waals surface area contributed by atoms with Crippen LogP contribution in [0.25, 0.3) is 0 Å². The Morgan fingerprint density at radius 2 is 1.77 bits per heavy atom. The average Bonchev–Trinajstić information content (AvgIpc) is 2.35. The third kappa shape index (κ3) is 5.42. The summed E-state index contributed by atoms with van der Waals surface area (Å²) in [7, 11) is 0. The van der Waals surface area contributed by atoms with Crippen LogP contribution in [0.5, 0.6) is 11.5 Å². The van der Waals surface area contributed by atoms with Crippen molar-refractivity contribution < 1.29 is 30.0 Å². The molecule has 7 heteroatoms. The number of nitrogens with one attached hydrogen (secondary N) is 1. The summed E-state index contributed by atoms with van der Waals surface area (Å²) in [5, 5.41) is 41.6. The van der Waals surface area contributed by atoms with Crippen LogP contribution in [0, 0.1) is 0 Å². The molecule has 124 valence electrons. The van der Waals surface area contributed by atoms with Gasteiger partial charge in [-0.3, -0.25) is 0 Å². The van der Waals surface area contributed by atoms with Crippen molar-refractivity contribution in [2.24, 2.45) is 0 Å². The van der Waals surface area contributed by atoms with E-state index in [0.29, 0.717) is 0 Å². The number of phenolic OH excluding ortho intramolecular Hbond substituents is 2. The van der Waals surface area contributed by atoms with Gasteiger partial charge < -0.3 is 30.5 Å². The highest BCUT2D eigenvalue weighted by atomic mass is 16.6. The van der Waals surface area contributed by atoms with E-state index in [1.165, 1.54) is 18.2 Å². The number of hydrogen-bond donors (Lipinski definition) is 5. The van der Waals surface area contributed by atoms with Gasteiger partial charge >= 0.3 is 6.09 Å². The molecule has 1 aromatic carbocycles. The third-order valence-corrected chi connectivity index (χ3v) is 2.83. The predicted molar refractivity (Wildman–Crippen MR) is 79.6 cm³/mol. The molecule has 0 fully saturated rings. The van der Waals surface area contributed by atoms with Gasteiger partial charge in [0, 0.05) is 6.54 Å². The number of rotatable bonds is 5. The monoisotopic (exact) mass is 313 g/mol. The Kier molecular flexibility index (Phi) is 6.01. The van der Waals surface area contributed by atoms with E-state index in [9.17, 15) is 25.2 Å². The molecule has 0 heterocycles. The first kappa shape index (κ1) is 18.1. The maximum atomic E-state index is 11.4. The van der Waals surface area contributed by atoms with E-state index in [1.807, 2.05) is 0 Å². The maximum absolute atomic E-state index is 11.4. The van der Waals surface area contributed by atoms with Crippen LogP contribution in [-0.4, -0.2) is 44.8 Å². The van der Waals surface area contributed by atoms with Gasteiger partial charge in [0.15, 0.2) is 0 Å². The molecule has 0 bridgehead atoms. The summed E-state index contributed by atoms with van der Waals surface area (Å²) in [6, 6.07) is 4.01. The largest absolute Gasteiger partial charge is 0.507 e. The van der Waals surface area contributed by atoms with Crippen LogP contribution in [0.3, 0.4) is 0 Å². The Balaban J connectivity index is 2.52. The molecule has 7 nitrogen and oxygen atoms in total. The van der Waals surface area contributed by atoms with Gasteiger partial charge in [0.25, 0.3) is 0 Å². The summed E-state index contributed by atoms with van der Waals surface area (Å²) in [5.41, 5.74) is -0.767. The molecule has 0 aromatic heterocycles. The molecule has 0 aliphatic heterocycles. The number of aromatic hydroxyl groups is 2. The number of carbonyl (C=O) groups is 1. The quantitative estimate of drug-likeness (QED) is 0.561. The highest BCUT2D eigenvalue weighted by Gasteiger charge is 2.24. The number of carbonyl (C=O) groups excluding carboxylic acids is 1. The zero-order valence-electron chi connectivity index (χ0n) is 12.9. The van der Waals surface area contributed by atoms with Crippen molar-refractivity contribution in [1.82, 2.24) is 5.32 Å². The number of aliphatic hydroxyl groups excluding tert-OH is 2. The van der Waals surface area contributed by atoms with Gasteiger partial charge in [0.05, 0.1) is 11.7 Å². The van der Waals surface area contributed by atoms with E-state index in [2.05, 4.69) is 5.32 Å². The number of alkyl carbamates (subject to hydrolysis) is 1. The van der Waals surface area contributed by atoms with E-state index in [4.69, 9.17) is 4.74 Å². The molecule has 22 heavy (non-hydrogen) atoms. The molecule has 1 aromatic rings. The first-order valence-corrected chi connectivity index (χ1v) is 6.95. The molecular weight excluding hydrogens is 290 g/mol. The fourth-order valence-corrected chi connectivity index (χ4v) is 1.83. The topological polar surface area (TPSA) is 119 Å². The van der Waals surface area contributed by atoms with Crippen LogP contribution in [0.4, 0.5) is 4.79 Å². The van der Waals surface area contributed by atoms with Crippen molar-refractivity contribution in [3.05, 3.63) is 23.8 Å². The summed E-state index contributed by atoms with van der Waals surface area (Å²) in [5.74, 6) is -0.627. The minimum atomic E-state index is -1.47. The number of ether oxygens (including phenoxy) is 1. The molecule has 1 rings (SSSR count). The van der Waals surface area contributed by atoms with Gasteiger partial charge in [-0.25, -0.2) is 4.79 Å². The molecule has 0 aliphatic rings. The summed E-state index contributed by atoms with van der Waals surface area (Å²) in [6.45, 7) is 5.26. The highest BCUT2D eigenvalue weighted by molar-refractivity contribution is 5.67. The van der Waals surface area contributed by atoms with E-state index >= 15 is 0 Å². The average molecular weight is 313 g/mol. The number of benzene rings is 1. The van der Waals surface area contributed by atoms with Crippen LogP contribution >= 0.6 is 0 Å². The normalized spacial score (nSPS) is 14.2. The lowest BCUT2D eigenvalue weighted by molar-refractivity contribution is 0.00977. The smallest absolute Gasteiger partial charge is 0.407 e. The minimum absolute atomic E-state index is 0.0220. The summed E-state index contributed by atoms with van der Waals surface area (Å²) >= 11 is 0. The molecule has 0 aliphatic carbocycles. The zero-order valence-corrected chi connectivity index (χ0v) is 12.9. The Bertz CT molecular complexity index is 491. The second-order valence-electron chi connectivity index (χ2n) is 5.94. The SMILES string of the molecule is CC(C)(C)OC(=O)NCCC(O)C(O)c1c(O)cccc1O. The highest BCUT2D eigenvalue weighted by Crippen LogP contribution is 2.34. The number of hydrogen-bond acceptors (Lipinski definition) is 6. The van der Waals surface area contributed by atoms with Gasteiger partial charge in [-0.15, -0.1) is 0 Å². The Morgan fingerprint density at radius 1 is 1.23 bits per heavy atom. The Morgan fingerprint density at radius 3 is 2.27 bits per heavy atom. The summed E-state index contributed by atoms with van der Waals surface area (Å²) < 4.78 is 5.03. The minimum Gasteiger partial charge on any atom is -0.507 e. The molecule has 2 atom stereocenters. The van der Waals surface area contributed by atoms with Crippen molar-refractivity contribution >= 4 is 6.09 Å². The van der Waals surface area contributed by atoms with Gasteiger partial charge in [-0.05, 0) is 39.3 Å². The molecule has 0 saturated carbocycles. The lowest BCUT2D eigenvalue weighted by Crippen LogP contribution is -2.34. The first-order valence-electron chi connectivity index (χ1n) is 6.95. The molecule has 2 unspecified atom stereocenters. The van der Waals surface area contributed by atoms with E-state index in [1.54, 1.807) is 20.8 Å². The number of amides is 1. The second kappa shape index (κ2) is 7.33. The van der Waals surface area contributed by atoms with Gasteiger partial charge in [0.1, 0.15) is 23.2 Å². The third-order valence-electron chi connectivity index (χ3n) is 2.83. The van der Waals surface area contributed by atoms with Crippen LogP contribution in [0.2, 0.25) is 0 Å². The fourth-order valence-electron chi connectivity index (χ4n) is 1.83. The fraction of sp³-hybridized carbons (Fsp3) is 0.533. The standard InChI is InChI=1S/C15H23NO6/c1-15(2,3)22-14(21)16-8-7-11(19)13(20)12-9(17)5-4-6-10(12)18/h4-6,11,13,17-20H,7-8H2,1-3H3,(H,16,21). The molecular formula is C15H23NO6. The molecule has 0 radical (unpaired) electrons. The number of aliphatic hydroxyl groups is 2. The molecule has 1 amide bonds. The van der Waals surface area contributed by atoms with Gasteiger partial charge in [-0.2, -0.15) is 0 Å². The zero-order chi connectivity index (χ0) is 16.9. The van der Waals surface area contributed by atoms with E-state index < -0.39 is 23.9 Å². The Labute approximate surface area is 129 Å². The van der Waals surface area contributed by atoms with E-state index in [0.717, 1.165) is 0 Å². The van der Waals surface area contributed by atoms with Crippen molar-refractivity contribution in [2.75, 3.05) is 6.54 Å². The van der Waals surface area contributed by atoms with Crippen molar-refractivity contribution in [3.8, 4) is 11.5 Å². The predicted octanol–water partition coefficient (Wildman–Crippen LogP) is 1.41. The summed E-state index contributed by atoms with van der Waals surface area (Å²) in [6.07, 6.45) is -3.34. The Hall–Kier alpha value is -1.99. The summed E-state index contributed by atoms with van der Waals surface area (Å²) in [4.78, 5) is 11.4. The lowest BCUT2D eigenvalue weighted by Gasteiger charge is -2.22. The van der Waals surface area contributed by atoms with Crippen molar-refractivity contribution in [3.63, 3.8) is 0 Å². The van der Waals surface area contributed by atoms with Crippen LogP contribution in [0.1, 0.15) is 38.9 Å². The maximum Gasteiger partial charge on any atom is 0.407 e. The van der Waals surface area contributed by atoms with Crippen LogP contribution < -0.4 is 5.32 Å². The van der Waals surface area contributed by atoms with Crippen molar-refractivity contribution in [2.45, 2.75) is 45.0 Å². The molecule has 5 N–H and O–H groups in total. The van der Waals surface area contributed by atoms with Gasteiger partial charge in [-0.1, -0.05) is 6.07 Å². The lowest BCUT2D eigenvalue weighted by atomic mass is 10.00. The molecule has 0 saturated heterocycles. The van der Waals surface area contributed by atoms with E-state index in [-0.39, 0.29) is 30.0 Å². The van der Waals surface area contributed by atoms with Crippen LogP contribution in [0.15, 0.2) is 18.2 Å². The second-order valence-corrected chi connectivity index (χ2v) is 5.94. The first-order chi connectivity index (χ1) is 10.1. The molecule has 0 spiro atoms. The van der Waals surface area contributed by atoms with Crippen molar-refractivity contribution in [1.29, 1.82) is 0 Å². The number of phenols is 2.